The first-order valence-corrected chi connectivity index (χ1v) is 40.3. The summed E-state index contributed by atoms with van der Waals surface area (Å²) in [4.78, 5) is 22.8. The van der Waals surface area contributed by atoms with Crippen molar-refractivity contribution in [3.05, 3.63) is 277 Å². The van der Waals surface area contributed by atoms with E-state index in [4.69, 9.17) is 83.4 Å². The molecule has 0 fully saturated rings. The minimum absolute atomic E-state index is 0.308. The minimum Gasteiger partial charge on any atom is -0.374 e. The number of nitrogens with zero attached hydrogens (tertiary/aromatic N) is 25. The standard InChI is InChI=1S/C24H19ClN6O2.C23H18ClN7O2.2C19H17ClN6O2/c1-15-9-21(33-29-15)23-20-11-30-22(13-32-12-16-5-3-2-4-6-16)27-28-24(30)18-10-17(25)7-8-19(18)31(20)14-26-23;1-14-26-22(29-33-14)21-19-10-30-20(12-32-11-15-5-3-2-4-6-15)27-28-23(30)17-9-16(24)7-8-18(17)31(19)13-25-21;1-3-27-9-17-22-23-19-13-7-12(20)4-5-15(13)26-10-21-18(16(26)8-25(17)19)14-6-11(2)28-24-14;1-3-27-9-17-22-23-19-13-7-12(20)4-5-14(13)26-10-21-18(15(26)8-25(17)19)16-6-11(2)24-28-16/h2-10,14H,11-13H2,1H3;2-9,13H,10-12H2,1H3;2*4-7,10H,3,8-9H2,1-2H3. The summed E-state index contributed by atoms with van der Waals surface area (Å²) in [7, 11) is 0. The second-order valence-electron chi connectivity index (χ2n) is 28.7. The molecular formula is C85H71Cl4N25O8. The molecule has 0 atom stereocenters. The van der Waals surface area contributed by atoms with E-state index in [-0.39, 0.29) is 0 Å². The molecule has 33 nitrogen and oxygen atoms in total. The number of hydrogen-bond donors (Lipinski definition) is 0. The van der Waals surface area contributed by atoms with Gasteiger partial charge in [-0.1, -0.05) is 128 Å². The highest BCUT2D eigenvalue weighted by atomic mass is 35.5. The molecular weight excluding hydrogens is 1640 g/mol. The molecule has 0 aliphatic carbocycles. The maximum Gasteiger partial charge on any atom is 0.223 e. The fourth-order valence-corrected chi connectivity index (χ4v) is 15.7. The summed E-state index contributed by atoms with van der Waals surface area (Å²) < 4.78 is 60.8. The highest BCUT2D eigenvalue weighted by Gasteiger charge is 2.34. The third kappa shape index (κ3) is 15.3. The number of fused-ring (bicyclic) bond motifs is 20. The van der Waals surface area contributed by atoms with E-state index in [2.05, 4.69) is 86.3 Å². The van der Waals surface area contributed by atoms with Crippen LogP contribution < -0.4 is 0 Å². The van der Waals surface area contributed by atoms with E-state index in [0.717, 1.165) is 148 Å². The molecule has 18 aromatic rings. The Balaban J connectivity index is 0.000000107. The number of imidazole rings is 4. The molecule has 12 aromatic heterocycles. The second-order valence-corrected chi connectivity index (χ2v) is 30.5. The van der Waals surface area contributed by atoms with Crippen LogP contribution >= 0.6 is 46.4 Å². The zero-order valence-corrected chi connectivity index (χ0v) is 69.2. The van der Waals surface area contributed by atoms with Gasteiger partial charge in [0.2, 0.25) is 11.7 Å². The molecule has 0 saturated carbocycles. The van der Waals surface area contributed by atoms with Crippen LogP contribution in [-0.4, -0.2) is 136 Å². The van der Waals surface area contributed by atoms with Gasteiger partial charge in [0.15, 0.2) is 58.1 Å². The summed E-state index contributed by atoms with van der Waals surface area (Å²) in [6, 6.07) is 48.6. The fourth-order valence-electron chi connectivity index (χ4n) is 15.0. The van der Waals surface area contributed by atoms with Crippen molar-refractivity contribution >= 4 is 46.4 Å². The van der Waals surface area contributed by atoms with Crippen LogP contribution in [-0.2, 0) is 84.8 Å². The molecule has 22 rings (SSSR count). The SMILES string of the molecule is CCOCc1nnc2n1Cc1c(-c3cc(C)no3)ncn1-c1ccc(Cl)cc1-2.CCOCc1nnc2n1Cc1c(-c3cc(C)on3)ncn1-c1ccc(Cl)cc1-2.Cc1cc(-c2ncn3c2Cn2c(COCc4ccccc4)nnc2-c2cc(Cl)ccc2-3)on1.Cc1nc(-c2ncn3c2Cn2c(COCc4ccccc4)nnc2-c2cc(Cl)ccc2-3)no1. The van der Waals surface area contributed by atoms with Crippen molar-refractivity contribution in [3.8, 4) is 114 Å². The molecule has 0 saturated heterocycles. The lowest BCUT2D eigenvalue weighted by atomic mass is 10.1. The summed E-state index contributed by atoms with van der Waals surface area (Å²) in [6.07, 6.45) is 7.14. The van der Waals surface area contributed by atoms with Gasteiger partial charge in [0.25, 0.3) is 0 Å². The van der Waals surface area contributed by atoms with Crippen LogP contribution in [0, 0.1) is 27.7 Å². The molecule has 4 aliphatic rings. The van der Waals surface area contributed by atoms with Crippen molar-refractivity contribution in [2.24, 2.45) is 0 Å². The summed E-state index contributed by atoms with van der Waals surface area (Å²) >= 11 is 25.3. The average molecular weight is 1710 g/mol. The van der Waals surface area contributed by atoms with E-state index in [9.17, 15) is 0 Å². The Kier molecular flexibility index (Phi) is 21.6. The first kappa shape index (κ1) is 78.3. The van der Waals surface area contributed by atoms with Crippen molar-refractivity contribution in [3.63, 3.8) is 0 Å². The number of halogens is 4. The summed E-state index contributed by atoms with van der Waals surface area (Å²) in [5, 5.41) is 54.2. The number of rotatable bonds is 18. The Labute approximate surface area is 714 Å². The van der Waals surface area contributed by atoms with E-state index >= 15 is 0 Å². The van der Waals surface area contributed by atoms with E-state index in [0.29, 0.717) is 145 Å². The Morgan fingerprint density at radius 1 is 0.344 bits per heavy atom. The molecule has 612 valence electrons. The molecule has 37 heteroatoms. The Hall–Kier alpha value is -13.5. The van der Waals surface area contributed by atoms with Gasteiger partial charge < -0.3 is 55.3 Å². The van der Waals surface area contributed by atoms with Crippen LogP contribution in [0.5, 0.6) is 0 Å². The monoisotopic (exact) mass is 1710 g/mol. The lowest BCUT2D eigenvalue weighted by Gasteiger charge is -2.09. The van der Waals surface area contributed by atoms with E-state index in [1.807, 2.05) is 223 Å². The number of benzene rings is 6. The summed E-state index contributed by atoms with van der Waals surface area (Å²) in [5.74, 6) is 8.77. The quantitative estimate of drug-likeness (QED) is 0.0770. The molecule has 6 aromatic carbocycles. The number of hydrogen-bond acceptors (Lipinski definition) is 25. The average Bonchev–Trinajstić information content (AvgIpc) is 1.61. The van der Waals surface area contributed by atoms with Crippen LogP contribution in [0.25, 0.3) is 114 Å². The van der Waals surface area contributed by atoms with E-state index < -0.39 is 0 Å². The molecule has 0 unspecified atom stereocenters. The van der Waals surface area contributed by atoms with Crippen molar-refractivity contribution < 1.29 is 37.0 Å². The fraction of sp³-hybridized carbons (Fsp3) is 0.212. The number of aromatic nitrogens is 25. The maximum absolute atomic E-state index is 6.36. The summed E-state index contributed by atoms with van der Waals surface area (Å²) in [5.41, 5.74) is 18.3. The zero-order valence-electron chi connectivity index (χ0n) is 66.2. The lowest BCUT2D eigenvalue weighted by Crippen LogP contribution is -2.09. The summed E-state index contributed by atoms with van der Waals surface area (Å²) in [6.45, 7) is 16.9. The van der Waals surface area contributed by atoms with Gasteiger partial charge in [0, 0.05) is 80.7 Å². The van der Waals surface area contributed by atoms with Gasteiger partial charge in [-0.05, 0) is 119 Å². The highest BCUT2D eigenvalue weighted by Crippen LogP contribution is 2.42. The van der Waals surface area contributed by atoms with Crippen molar-refractivity contribution in [1.29, 1.82) is 0 Å². The topological polar surface area (TPSA) is 348 Å². The molecule has 16 heterocycles. The van der Waals surface area contributed by atoms with E-state index in [1.54, 1.807) is 32.2 Å². The number of ether oxygens (including phenoxy) is 4. The molecule has 4 aliphatic heterocycles. The normalized spacial score (nSPS) is 12.3. The molecule has 0 spiro atoms. The van der Waals surface area contributed by atoms with Gasteiger partial charge in [-0.25, -0.2) is 19.9 Å². The first-order valence-electron chi connectivity index (χ1n) is 38.8. The van der Waals surface area contributed by atoms with Crippen LogP contribution in [0.4, 0.5) is 0 Å². The van der Waals surface area contributed by atoms with Gasteiger partial charge >= 0.3 is 0 Å². The largest absolute Gasteiger partial charge is 0.374 e. The van der Waals surface area contributed by atoms with Crippen molar-refractivity contribution in [1.82, 2.24) is 123 Å². The zero-order chi connectivity index (χ0) is 83.2. The third-order valence-electron chi connectivity index (χ3n) is 20.7. The minimum atomic E-state index is 0.308. The van der Waals surface area contributed by atoms with Gasteiger partial charge in [0.05, 0.1) is 96.3 Å². The van der Waals surface area contributed by atoms with Crippen molar-refractivity contribution in [2.75, 3.05) is 13.2 Å². The van der Waals surface area contributed by atoms with Crippen LogP contribution in [0.15, 0.2) is 195 Å². The van der Waals surface area contributed by atoms with Crippen LogP contribution in [0.2, 0.25) is 20.1 Å². The predicted octanol–water partition coefficient (Wildman–Crippen LogP) is 16.3. The lowest BCUT2D eigenvalue weighted by molar-refractivity contribution is 0.0993. The smallest absolute Gasteiger partial charge is 0.223 e. The maximum atomic E-state index is 6.36. The predicted molar refractivity (Wildman–Crippen MR) is 446 cm³/mol. The van der Waals surface area contributed by atoms with Gasteiger partial charge in [-0.15, -0.1) is 40.8 Å². The molecule has 0 N–H and O–H groups in total. The molecule has 0 bridgehead atoms. The second kappa shape index (κ2) is 33.6. The van der Waals surface area contributed by atoms with Crippen LogP contribution in [0.3, 0.4) is 0 Å². The van der Waals surface area contributed by atoms with Gasteiger partial charge in [-0.2, -0.15) is 4.98 Å². The molecule has 122 heavy (non-hydrogen) atoms. The van der Waals surface area contributed by atoms with Crippen LogP contribution in [0.1, 0.15) is 94.1 Å². The third-order valence-corrected chi connectivity index (χ3v) is 21.7. The van der Waals surface area contributed by atoms with Gasteiger partial charge in [0.1, 0.15) is 86.0 Å². The molecule has 0 radical (unpaired) electrons. The van der Waals surface area contributed by atoms with Gasteiger partial charge in [-0.3, -0.25) is 18.3 Å². The Bertz CT molecular complexity index is 6470. The van der Waals surface area contributed by atoms with Crippen molar-refractivity contribution in [2.45, 2.75) is 107 Å². The Morgan fingerprint density at radius 2 is 0.697 bits per heavy atom. The highest BCUT2D eigenvalue weighted by molar-refractivity contribution is 6.32. The molecule has 0 amide bonds. The first-order chi connectivity index (χ1) is 59.6. The number of aryl methyl sites for hydroxylation is 4. The Morgan fingerprint density at radius 3 is 1.03 bits per heavy atom. The van der Waals surface area contributed by atoms with E-state index in [1.165, 1.54) is 0 Å².